The first-order valence-corrected chi connectivity index (χ1v) is 19.0. The van der Waals surface area contributed by atoms with Crippen molar-refractivity contribution in [2.24, 2.45) is 0 Å². The van der Waals surface area contributed by atoms with Crippen molar-refractivity contribution in [3.05, 3.63) is 116 Å². The maximum absolute atomic E-state index is 14.7. The molecule has 4 aromatic rings. The van der Waals surface area contributed by atoms with Gasteiger partial charge >= 0.3 is 11.9 Å². The van der Waals surface area contributed by atoms with Crippen molar-refractivity contribution >= 4 is 23.5 Å². The number of benzene rings is 4. The number of ether oxygens (including phenoxy) is 4. The van der Waals surface area contributed by atoms with E-state index in [0.717, 1.165) is 24.3 Å². The zero-order valence-electron chi connectivity index (χ0n) is 31.7. The van der Waals surface area contributed by atoms with Gasteiger partial charge in [-0.05, 0) is 58.7 Å². The predicted octanol–water partition coefficient (Wildman–Crippen LogP) is -1.10. The smallest absolute Gasteiger partial charge is 0.335 e. The lowest BCUT2D eigenvalue weighted by Gasteiger charge is -2.41. The third-order valence-electron chi connectivity index (χ3n) is 11.7. The second-order valence-corrected chi connectivity index (χ2v) is 15.2. The number of aliphatic hydroxyl groups excluding tert-OH is 8. The summed E-state index contributed by atoms with van der Waals surface area (Å²) in [4.78, 5) is 54.2. The number of carbonyl (C=O) groups excluding carboxylic acids is 2. The van der Waals surface area contributed by atoms with Gasteiger partial charge in [0, 0.05) is 11.8 Å². The Labute approximate surface area is 348 Å². The lowest BCUT2D eigenvalue weighted by atomic mass is 9.63. The highest BCUT2D eigenvalue weighted by Crippen LogP contribution is 2.56. The number of carboxylic acid groups (broad SMARTS) is 2. The summed E-state index contributed by atoms with van der Waals surface area (Å²) in [6.07, 6.45) is -17.7. The number of hydrogen-bond donors (Lipinski definition) is 12. The van der Waals surface area contributed by atoms with Gasteiger partial charge in [-0.3, -0.25) is 9.59 Å². The number of phenols is 2. The quantitative estimate of drug-likeness (QED) is 0.0950. The van der Waals surface area contributed by atoms with E-state index in [4.69, 9.17) is 18.9 Å². The van der Waals surface area contributed by atoms with Crippen LogP contribution in [0, 0.1) is 0 Å². The molecule has 0 aromatic heterocycles. The Bertz CT molecular complexity index is 2330. The number of aliphatic hydroxyl groups is 8. The van der Waals surface area contributed by atoms with Gasteiger partial charge < -0.3 is 80.2 Å². The predicted molar refractivity (Wildman–Crippen MR) is 202 cm³/mol. The van der Waals surface area contributed by atoms with E-state index in [0.29, 0.717) is 0 Å². The van der Waals surface area contributed by atoms with Gasteiger partial charge in [0.1, 0.15) is 71.8 Å². The summed E-state index contributed by atoms with van der Waals surface area (Å²) in [7, 11) is 0. The summed E-state index contributed by atoms with van der Waals surface area (Å²) in [6.45, 7) is -1.64. The standard InChI is InChI=1S/C42H38O20/c43-11-23-31(47)35(51)37(53)41(61-23)59-21-5-1-3-15-25(17-7-13(39(55)56)9-19(45)27(17)33(49)29(15)21)26-16-4-2-6-22(60-42-38(54)36(52)32(48)24(12-44)62-42)30(16)34(50)28-18(26)8-14(40(57)58)10-20(28)46/h1-10,23-26,31-32,35-38,41-48,51-54H,11-12H2,(H,55,56)(H,57,58)/t23-,24-,25-,26+,31+,32+,35+,36+,37-,38-,41-,42-/m1/s1. The highest BCUT2D eigenvalue weighted by Gasteiger charge is 2.50. The van der Waals surface area contributed by atoms with Crippen molar-refractivity contribution in [2.45, 2.75) is 73.2 Å². The minimum atomic E-state index is -1.94. The van der Waals surface area contributed by atoms with E-state index < -0.39 is 144 Å². The summed E-state index contributed by atoms with van der Waals surface area (Å²) in [5.41, 5.74) is -2.87. The number of aromatic carboxylic acids is 2. The van der Waals surface area contributed by atoms with Gasteiger partial charge in [0.15, 0.2) is 0 Å². The van der Waals surface area contributed by atoms with Crippen molar-refractivity contribution in [1.82, 2.24) is 0 Å². The van der Waals surface area contributed by atoms with Crippen LogP contribution in [-0.4, -0.2) is 159 Å². The SMILES string of the molecule is O=C(O)c1cc(O)c2c(c1)[C@@H]([C@H]1c3cc(C(=O)O)cc(O)c3C(=O)c3c(O[C@@H]4O[C@H](CO)[C@H](O)[C@H](O)[C@H]4O)cccc31)c1cccc(O[C@@H]3O[C@H](CO)[C@H](O)[C@H](O)[C@H]3O)c1C2=O. The first-order chi connectivity index (χ1) is 29.5. The van der Waals surface area contributed by atoms with Crippen LogP contribution in [0.4, 0.5) is 0 Å². The zero-order chi connectivity index (χ0) is 44.6. The highest BCUT2D eigenvalue weighted by atomic mass is 16.7. The van der Waals surface area contributed by atoms with Gasteiger partial charge in [-0.1, -0.05) is 24.3 Å². The summed E-state index contributed by atoms with van der Waals surface area (Å²) >= 11 is 0. The lowest BCUT2D eigenvalue weighted by molar-refractivity contribution is -0.277. The Hall–Kier alpha value is -6.04. The number of fused-ring (bicyclic) bond motifs is 4. The molecule has 12 N–H and O–H groups in total. The van der Waals surface area contributed by atoms with Crippen molar-refractivity contribution in [3.63, 3.8) is 0 Å². The lowest BCUT2D eigenvalue weighted by Crippen LogP contribution is -2.60. The Morgan fingerprint density at radius 1 is 0.516 bits per heavy atom. The van der Waals surface area contributed by atoms with Crippen LogP contribution in [0.25, 0.3) is 0 Å². The minimum absolute atomic E-state index is 0.00301. The fourth-order valence-corrected chi connectivity index (χ4v) is 8.71. The highest BCUT2D eigenvalue weighted by molar-refractivity contribution is 6.18. The molecule has 12 atom stereocenters. The summed E-state index contributed by atoms with van der Waals surface area (Å²) in [5.74, 6) is -10.1. The molecular weight excluding hydrogens is 824 g/mol. The van der Waals surface area contributed by atoms with E-state index in [1.807, 2.05) is 0 Å². The van der Waals surface area contributed by atoms with E-state index in [-0.39, 0.29) is 44.9 Å². The molecule has 0 spiro atoms. The van der Waals surface area contributed by atoms with Gasteiger partial charge in [0.2, 0.25) is 24.1 Å². The molecule has 0 amide bonds. The molecule has 8 rings (SSSR count). The van der Waals surface area contributed by atoms with E-state index >= 15 is 0 Å². The molecule has 2 heterocycles. The average molecular weight is 863 g/mol. The molecule has 2 fully saturated rings. The number of hydrogen-bond acceptors (Lipinski definition) is 18. The van der Waals surface area contributed by atoms with Crippen LogP contribution < -0.4 is 9.47 Å². The van der Waals surface area contributed by atoms with Crippen LogP contribution in [0.5, 0.6) is 23.0 Å². The third kappa shape index (κ3) is 6.73. The third-order valence-corrected chi connectivity index (χ3v) is 11.7. The molecule has 326 valence electrons. The Morgan fingerprint density at radius 3 is 1.23 bits per heavy atom. The molecule has 62 heavy (non-hydrogen) atoms. The van der Waals surface area contributed by atoms with E-state index in [9.17, 15) is 80.5 Å². The molecule has 2 aliphatic carbocycles. The molecule has 0 saturated carbocycles. The minimum Gasteiger partial charge on any atom is -0.507 e. The van der Waals surface area contributed by atoms with Gasteiger partial charge in [0.25, 0.3) is 0 Å². The topological polar surface area (TPSA) is 348 Å². The molecule has 2 aliphatic heterocycles. The fourth-order valence-electron chi connectivity index (χ4n) is 8.71. The number of rotatable bonds is 9. The van der Waals surface area contributed by atoms with Crippen molar-refractivity contribution in [3.8, 4) is 23.0 Å². The number of ketones is 2. The molecule has 0 bridgehead atoms. The van der Waals surface area contributed by atoms with Crippen LogP contribution in [0.1, 0.15) is 86.6 Å². The van der Waals surface area contributed by atoms with Crippen LogP contribution in [-0.2, 0) is 9.47 Å². The van der Waals surface area contributed by atoms with E-state index in [1.165, 1.54) is 36.4 Å². The Kier molecular flexibility index (Phi) is 11.0. The van der Waals surface area contributed by atoms with Crippen LogP contribution in [0.2, 0.25) is 0 Å². The molecule has 0 radical (unpaired) electrons. The van der Waals surface area contributed by atoms with Crippen LogP contribution >= 0.6 is 0 Å². The Morgan fingerprint density at radius 2 is 0.887 bits per heavy atom. The average Bonchev–Trinajstić information content (AvgIpc) is 3.24. The number of carboxylic acids is 2. The molecule has 4 aromatic carbocycles. The second-order valence-electron chi connectivity index (χ2n) is 15.2. The number of phenolic OH excluding ortho intramolecular Hbond substituents is 2. The maximum Gasteiger partial charge on any atom is 0.335 e. The number of carbonyl (C=O) groups is 4. The molecule has 2 saturated heterocycles. The summed E-state index contributed by atoms with van der Waals surface area (Å²) in [5, 5.41) is 126. The monoisotopic (exact) mass is 862 g/mol. The number of aromatic hydroxyl groups is 2. The molecule has 20 heteroatoms. The Balaban J connectivity index is 1.38. The van der Waals surface area contributed by atoms with Gasteiger partial charge in [-0.25, -0.2) is 9.59 Å². The van der Waals surface area contributed by atoms with Gasteiger partial charge in [-0.2, -0.15) is 0 Å². The maximum atomic E-state index is 14.7. The molecule has 4 aliphatic rings. The molecule has 20 nitrogen and oxygen atoms in total. The van der Waals surface area contributed by atoms with Gasteiger partial charge in [-0.15, -0.1) is 0 Å². The second kappa shape index (κ2) is 16.0. The first-order valence-electron chi connectivity index (χ1n) is 19.0. The molecular formula is C42H38O20. The summed E-state index contributed by atoms with van der Waals surface area (Å²) in [6, 6.07) is 11.9. The van der Waals surface area contributed by atoms with E-state index in [1.54, 1.807) is 0 Å². The van der Waals surface area contributed by atoms with Gasteiger partial charge in [0.05, 0.1) is 46.6 Å². The normalized spacial score (nSPS) is 30.1. The van der Waals surface area contributed by atoms with Crippen molar-refractivity contribution in [1.29, 1.82) is 0 Å². The first kappa shape index (κ1) is 42.6. The largest absolute Gasteiger partial charge is 0.507 e. The summed E-state index contributed by atoms with van der Waals surface area (Å²) < 4.78 is 23.0. The van der Waals surface area contributed by atoms with Crippen molar-refractivity contribution in [2.75, 3.05) is 13.2 Å². The fraction of sp³-hybridized carbons (Fsp3) is 0.333. The van der Waals surface area contributed by atoms with E-state index in [2.05, 4.69) is 0 Å². The molecule has 0 unspecified atom stereocenters. The van der Waals surface area contributed by atoms with Crippen LogP contribution in [0.15, 0.2) is 60.7 Å². The zero-order valence-corrected chi connectivity index (χ0v) is 31.7. The van der Waals surface area contributed by atoms with Crippen molar-refractivity contribution < 1.29 is 99.4 Å². The van der Waals surface area contributed by atoms with Crippen LogP contribution in [0.3, 0.4) is 0 Å².